The number of phenols is 3. The number of rotatable bonds is 8. The standard InChI is InChI=1S/C16H10NO.2C13H10O2.C12H9N3O.8C2H6.7CH3.4Y/c1-17-15(12-18)16(13-8-4-2-5-9-13)14-10-6-3-7-11-14;2*14-12-9-5-4-8-11(12)13(15)10-6-2-1-3-7-10;16-12-8-4-3-7-11(12)15-13-9-5-1-2-6-10(9)14-15;8*1-2;;;;;;;;;;;/h2-11H;2*1-9,14H;1-8,16H;8*1-2H3;7*1H3;;;;/q-1;;;;;;;;;;;;7*-1;;;;. The Hall–Kier alpha value is -4.78. The van der Waals surface area contributed by atoms with E-state index in [0.717, 1.165) is 22.2 Å². The number of fused-ring (bicyclic) bond motifs is 1. The maximum absolute atomic E-state index is 11.9. The summed E-state index contributed by atoms with van der Waals surface area (Å²) in [6.45, 7) is 39.1. The van der Waals surface area contributed by atoms with Gasteiger partial charge in [0.05, 0.1) is 23.4 Å². The number of aromatic nitrogens is 3. The Morgan fingerprint density at radius 1 is 0.352 bits per heavy atom. The number of aromatic hydroxyl groups is 3. The molecule has 0 fully saturated rings. The summed E-state index contributed by atoms with van der Waals surface area (Å²) in [5, 5.41) is 37.3. The Labute approximate surface area is 656 Å². The zero-order chi connectivity index (χ0) is 61.1. The molecule has 0 amide bonds. The molecule has 4 radical (unpaired) electrons. The molecule has 91 heavy (non-hydrogen) atoms. The van der Waals surface area contributed by atoms with Gasteiger partial charge in [0.15, 0.2) is 11.6 Å². The SMILES string of the molecule is CC.CC.CC.CC.CC.CC.CC.CC.O=C(c1ccccc1)c1ccccc1O.O=C(c1ccccc1)c1ccccc1O.Oc1ccccc1-n1nc2ccccc2n1.[C-]#[N+]C([C-]=O)=C(c1ccccc1)c1ccccc1.[CH3-].[CH3-].[CH3-].[CH3-].[CH3-].[CH3-].[CH3-].[Y].[Y].[Y].[Y]. The van der Waals surface area contributed by atoms with Gasteiger partial charge in [-0.15, -0.1) is 26.1 Å². The maximum atomic E-state index is 11.9. The first-order valence-corrected chi connectivity index (χ1v) is 27.8. The molecular formula is C77H108N4O6Y4-8. The number of carbonyl (C=O) groups excluding carboxylic acids is 3. The topological polar surface area (TPSA) is 147 Å². The monoisotopic (exact) mass is 1540 g/mol. The summed E-state index contributed by atoms with van der Waals surface area (Å²) < 4.78 is 0. The van der Waals surface area contributed by atoms with Gasteiger partial charge in [0.1, 0.15) is 34.0 Å². The third-order valence-corrected chi connectivity index (χ3v) is 9.32. The van der Waals surface area contributed by atoms with Crippen LogP contribution in [0.1, 0.15) is 154 Å². The van der Waals surface area contributed by atoms with E-state index < -0.39 is 0 Å². The molecule has 0 bridgehead atoms. The number of allylic oxidation sites excluding steroid dienone is 1. The molecule has 0 saturated heterocycles. The summed E-state index contributed by atoms with van der Waals surface area (Å²) in [4.78, 5) is 39.5. The number of hydrogen-bond acceptors (Lipinski definition) is 8. The van der Waals surface area contributed by atoms with E-state index in [4.69, 9.17) is 6.57 Å². The predicted molar refractivity (Wildman–Crippen MR) is 383 cm³/mol. The van der Waals surface area contributed by atoms with E-state index in [9.17, 15) is 29.7 Å². The predicted octanol–water partition coefficient (Wildman–Crippen LogP) is 22.2. The Bertz CT molecular complexity index is 2900. The zero-order valence-electron chi connectivity index (χ0n) is 59.4. The molecule has 9 rings (SSSR count). The third kappa shape index (κ3) is 44.5. The Morgan fingerprint density at radius 3 is 0.835 bits per heavy atom. The van der Waals surface area contributed by atoms with E-state index in [2.05, 4.69) is 15.0 Å². The Kier molecular flexibility index (Phi) is 107. The van der Waals surface area contributed by atoms with Crippen molar-refractivity contribution >= 4 is 34.5 Å². The van der Waals surface area contributed by atoms with Crippen molar-refractivity contribution in [3.8, 4) is 22.9 Å². The number of ketones is 2. The molecule has 0 aliphatic heterocycles. The van der Waals surface area contributed by atoms with Crippen LogP contribution in [0, 0.1) is 58.6 Å². The van der Waals surface area contributed by atoms with Gasteiger partial charge >= 0.3 is 0 Å². The van der Waals surface area contributed by atoms with Crippen LogP contribution in [0.2, 0.25) is 0 Å². The Morgan fingerprint density at radius 2 is 0.582 bits per heavy atom. The molecule has 0 spiro atoms. The summed E-state index contributed by atoms with van der Waals surface area (Å²) in [7, 11) is 0. The van der Waals surface area contributed by atoms with Crippen molar-refractivity contribution in [1.82, 2.24) is 15.0 Å². The third-order valence-electron chi connectivity index (χ3n) is 9.32. The number of benzene rings is 8. The number of hydrogen-bond donors (Lipinski definition) is 3. The fourth-order valence-corrected chi connectivity index (χ4v) is 6.20. The van der Waals surface area contributed by atoms with E-state index in [0.29, 0.717) is 33.5 Å². The molecule has 492 valence electrons. The van der Waals surface area contributed by atoms with Crippen molar-refractivity contribution in [1.29, 1.82) is 0 Å². The van der Waals surface area contributed by atoms with Gasteiger partial charge in [0, 0.05) is 142 Å². The van der Waals surface area contributed by atoms with Gasteiger partial charge in [-0.1, -0.05) is 281 Å². The minimum atomic E-state index is -0.159. The van der Waals surface area contributed by atoms with Crippen LogP contribution in [0.3, 0.4) is 0 Å². The van der Waals surface area contributed by atoms with E-state index in [1.165, 1.54) is 16.9 Å². The molecule has 1 heterocycles. The van der Waals surface area contributed by atoms with Crippen molar-refractivity contribution in [2.24, 2.45) is 0 Å². The molecule has 0 saturated carbocycles. The molecule has 10 nitrogen and oxygen atoms in total. The van der Waals surface area contributed by atoms with Crippen LogP contribution >= 0.6 is 0 Å². The minimum Gasteiger partial charge on any atom is -0.507 e. The summed E-state index contributed by atoms with van der Waals surface area (Å²) in [5.74, 6) is -0.108. The van der Waals surface area contributed by atoms with Crippen LogP contribution in [-0.2, 0) is 136 Å². The smallest absolute Gasteiger partial charge is 0.196 e. The van der Waals surface area contributed by atoms with Crippen LogP contribution in [0.25, 0.3) is 27.1 Å². The number of phenolic OH excluding ortho intramolecular Hbond substituents is 3. The fraction of sp³-hybridized carbons (Fsp3) is 0.208. The second kappa shape index (κ2) is 81.3. The van der Waals surface area contributed by atoms with Gasteiger partial charge in [0.2, 0.25) is 0 Å². The van der Waals surface area contributed by atoms with Crippen LogP contribution < -0.4 is 0 Å². The first-order valence-electron chi connectivity index (χ1n) is 27.8. The minimum absolute atomic E-state index is 0. The van der Waals surface area contributed by atoms with Gasteiger partial charge in [0.25, 0.3) is 0 Å². The van der Waals surface area contributed by atoms with E-state index in [1.807, 2.05) is 214 Å². The summed E-state index contributed by atoms with van der Waals surface area (Å²) >= 11 is 0. The molecule has 3 N–H and O–H groups in total. The van der Waals surface area contributed by atoms with Gasteiger partial charge in [-0.05, 0) is 54.8 Å². The first-order chi connectivity index (χ1) is 39.3. The average Bonchev–Trinajstić information content (AvgIpc) is 2.67. The summed E-state index contributed by atoms with van der Waals surface area (Å²) in [6, 6.07) is 64.3. The normalized spacial score (nSPS) is 7.51. The van der Waals surface area contributed by atoms with Gasteiger partial charge in [-0.25, -0.2) is 0 Å². The summed E-state index contributed by atoms with van der Waals surface area (Å²) in [6.07, 6.45) is 1.72. The number of para-hydroxylation sites is 4. The second-order valence-electron chi connectivity index (χ2n) is 13.6. The van der Waals surface area contributed by atoms with Gasteiger partial charge < -0.3 is 72.1 Å². The van der Waals surface area contributed by atoms with E-state index in [1.54, 1.807) is 109 Å². The van der Waals surface area contributed by atoms with Crippen molar-refractivity contribution in [3.63, 3.8) is 0 Å². The van der Waals surface area contributed by atoms with Gasteiger partial charge in [-0.3, -0.25) is 14.4 Å². The first kappa shape index (κ1) is 120. The average molecular weight is 1540 g/mol. The van der Waals surface area contributed by atoms with E-state index in [-0.39, 0.29) is 217 Å². The number of carbonyl (C=O) groups is 2. The van der Waals surface area contributed by atoms with Crippen molar-refractivity contribution in [2.45, 2.75) is 111 Å². The molecule has 0 unspecified atom stereocenters. The maximum Gasteiger partial charge on any atom is 0.196 e. The second-order valence-corrected chi connectivity index (χ2v) is 13.6. The molecule has 0 aliphatic carbocycles. The van der Waals surface area contributed by atoms with Crippen LogP contribution in [0.4, 0.5) is 0 Å². The number of nitrogens with zero attached hydrogens (tertiary/aromatic N) is 4. The van der Waals surface area contributed by atoms with Crippen molar-refractivity contribution in [3.05, 3.63) is 321 Å². The largest absolute Gasteiger partial charge is 0.507 e. The fourth-order valence-electron chi connectivity index (χ4n) is 6.20. The van der Waals surface area contributed by atoms with Crippen LogP contribution in [-0.4, -0.2) is 48.2 Å². The molecule has 0 atom stereocenters. The molecule has 14 heteroatoms. The van der Waals surface area contributed by atoms with Crippen molar-refractivity contribution < 1.29 is 161 Å². The quantitative estimate of drug-likeness (QED) is 0.0774. The van der Waals surface area contributed by atoms with Crippen molar-refractivity contribution in [2.75, 3.05) is 0 Å². The molecule has 0 aliphatic rings. The van der Waals surface area contributed by atoms with Crippen LogP contribution in [0.5, 0.6) is 17.2 Å². The molecule has 8 aromatic carbocycles. The zero-order valence-corrected chi connectivity index (χ0v) is 70.8. The summed E-state index contributed by atoms with van der Waals surface area (Å²) in [5.41, 5.74) is 6.37. The Balaban J connectivity index is -0.0000000649. The van der Waals surface area contributed by atoms with Crippen LogP contribution in [0.15, 0.2) is 224 Å². The van der Waals surface area contributed by atoms with E-state index >= 15 is 0 Å². The molecule has 1 aromatic heterocycles. The van der Waals surface area contributed by atoms with Gasteiger partial charge in [-0.2, -0.15) is 5.57 Å². The molecular weight excluding hydrogens is 1430 g/mol. The molecule has 9 aromatic rings.